The average molecular weight is 348 g/mol. The smallest absolute Gasteiger partial charge is 0.307 e. The zero-order chi connectivity index (χ0) is 18.3. The number of anilines is 2. The van der Waals surface area contributed by atoms with Gasteiger partial charge in [-0.2, -0.15) is 5.10 Å². The van der Waals surface area contributed by atoms with E-state index < -0.39 is 0 Å². The van der Waals surface area contributed by atoms with E-state index in [0.717, 1.165) is 41.5 Å². The maximum absolute atomic E-state index is 12.8. The lowest BCUT2D eigenvalue weighted by molar-refractivity contribution is 0.262. The number of fused-ring (bicyclic) bond motifs is 2. The molecule has 0 spiro atoms. The molecule has 5 heteroatoms. The third-order valence-electron chi connectivity index (χ3n) is 5.06. The summed E-state index contributed by atoms with van der Waals surface area (Å²) in [5.41, 5.74) is 6.40. The highest BCUT2D eigenvalue weighted by Gasteiger charge is 2.25. The number of aromatic nitrogens is 2. The molecule has 3 aromatic rings. The summed E-state index contributed by atoms with van der Waals surface area (Å²) in [6.07, 6.45) is 4.98. The van der Waals surface area contributed by atoms with Crippen LogP contribution in [0.5, 0.6) is 0 Å². The maximum Gasteiger partial charge on any atom is 0.323 e. The van der Waals surface area contributed by atoms with E-state index in [2.05, 4.69) is 53.7 Å². The lowest BCUT2D eigenvalue weighted by atomic mass is 9.83. The number of rotatable bonds is 2. The van der Waals surface area contributed by atoms with Crippen LogP contribution in [0, 0.1) is 0 Å². The standard InChI is InChI=1S/C21H24N4O/c1-21(2,3)16-11-10-13-6-4-7-14(13)19(16)24-20(26)23-17-8-5-9-18-15(17)12-22-25-18/h5,8-12H,4,6-7H2,1-3H3,(H,22,25)(H2,23,24,26). The fraction of sp³-hybridized carbons (Fsp3) is 0.333. The number of hydrogen-bond acceptors (Lipinski definition) is 2. The Kier molecular flexibility index (Phi) is 3.94. The van der Waals surface area contributed by atoms with Gasteiger partial charge in [0.15, 0.2) is 0 Å². The minimum atomic E-state index is -0.218. The third-order valence-corrected chi connectivity index (χ3v) is 5.06. The Balaban J connectivity index is 1.66. The Morgan fingerprint density at radius 2 is 1.96 bits per heavy atom. The summed E-state index contributed by atoms with van der Waals surface area (Å²) in [6.45, 7) is 6.54. The zero-order valence-electron chi connectivity index (χ0n) is 15.4. The predicted molar refractivity (Wildman–Crippen MR) is 106 cm³/mol. The lowest BCUT2D eigenvalue weighted by Crippen LogP contribution is -2.24. The molecule has 1 aliphatic carbocycles. The summed E-state index contributed by atoms with van der Waals surface area (Å²) in [4.78, 5) is 12.8. The number of hydrogen-bond donors (Lipinski definition) is 3. The maximum atomic E-state index is 12.8. The molecule has 0 unspecified atom stereocenters. The minimum absolute atomic E-state index is 0.0369. The van der Waals surface area contributed by atoms with Crippen molar-refractivity contribution in [3.05, 3.63) is 53.2 Å². The second-order valence-corrected chi connectivity index (χ2v) is 7.95. The average Bonchev–Trinajstić information content (AvgIpc) is 3.23. The van der Waals surface area contributed by atoms with Gasteiger partial charge >= 0.3 is 6.03 Å². The Hall–Kier alpha value is -2.82. The van der Waals surface area contributed by atoms with E-state index in [1.807, 2.05) is 18.2 Å². The molecule has 0 radical (unpaired) electrons. The highest BCUT2D eigenvalue weighted by Crippen LogP contribution is 2.38. The molecule has 0 fully saturated rings. The molecule has 2 amide bonds. The number of carbonyl (C=O) groups excluding carboxylic acids is 1. The van der Waals surface area contributed by atoms with E-state index in [0.29, 0.717) is 0 Å². The predicted octanol–water partition coefficient (Wildman–Crippen LogP) is 4.99. The van der Waals surface area contributed by atoms with Gasteiger partial charge in [-0.25, -0.2) is 4.79 Å². The number of urea groups is 1. The molecule has 26 heavy (non-hydrogen) atoms. The van der Waals surface area contributed by atoms with Crippen LogP contribution in [-0.2, 0) is 18.3 Å². The van der Waals surface area contributed by atoms with Crippen molar-refractivity contribution in [2.45, 2.75) is 45.4 Å². The SMILES string of the molecule is CC(C)(C)c1ccc2c(c1NC(=O)Nc1cccc3[nH]ncc13)CCC2. The highest BCUT2D eigenvalue weighted by atomic mass is 16.2. The molecular formula is C21H24N4O. The quantitative estimate of drug-likeness (QED) is 0.610. The number of amides is 2. The fourth-order valence-corrected chi connectivity index (χ4v) is 3.78. The van der Waals surface area contributed by atoms with Gasteiger partial charge in [0.05, 0.1) is 17.4 Å². The molecule has 1 aliphatic rings. The van der Waals surface area contributed by atoms with Crippen molar-refractivity contribution in [3.63, 3.8) is 0 Å². The highest BCUT2D eigenvalue weighted by molar-refractivity contribution is 6.06. The van der Waals surface area contributed by atoms with E-state index in [1.165, 1.54) is 16.7 Å². The van der Waals surface area contributed by atoms with Crippen molar-refractivity contribution in [1.29, 1.82) is 0 Å². The van der Waals surface area contributed by atoms with Gasteiger partial charge < -0.3 is 10.6 Å². The van der Waals surface area contributed by atoms with E-state index in [4.69, 9.17) is 0 Å². The van der Waals surface area contributed by atoms with Gasteiger partial charge in [-0.15, -0.1) is 0 Å². The zero-order valence-corrected chi connectivity index (χ0v) is 15.4. The Morgan fingerprint density at radius 1 is 1.12 bits per heavy atom. The number of nitrogens with one attached hydrogen (secondary N) is 3. The Labute approximate surface area is 153 Å². The number of aryl methyl sites for hydroxylation is 1. The topological polar surface area (TPSA) is 69.8 Å². The first-order valence-electron chi connectivity index (χ1n) is 9.09. The van der Waals surface area contributed by atoms with Crippen LogP contribution in [0.4, 0.5) is 16.2 Å². The second-order valence-electron chi connectivity index (χ2n) is 7.95. The van der Waals surface area contributed by atoms with E-state index in [1.54, 1.807) is 6.20 Å². The van der Waals surface area contributed by atoms with Crippen LogP contribution in [0.25, 0.3) is 10.9 Å². The van der Waals surface area contributed by atoms with Gasteiger partial charge in [0, 0.05) is 11.1 Å². The first-order valence-corrected chi connectivity index (χ1v) is 9.09. The molecule has 0 bridgehead atoms. The molecule has 1 heterocycles. The van der Waals surface area contributed by atoms with Crippen LogP contribution >= 0.6 is 0 Å². The third kappa shape index (κ3) is 2.94. The van der Waals surface area contributed by atoms with Crippen LogP contribution < -0.4 is 10.6 Å². The normalized spacial score (nSPS) is 13.7. The van der Waals surface area contributed by atoms with Gasteiger partial charge in [-0.3, -0.25) is 5.10 Å². The van der Waals surface area contributed by atoms with Crippen molar-refractivity contribution < 1.29 is 4.79 Å². The second kappa shape index (κ2) is 6.16. The number of benzene rings is 2. The minimum Gasteiger partial charge on any atom is -0.307 e. The first-order chi connectivity index (χ1) is 12.4. The summed E-state index contributed by atoms with van der Waals surface area (Å²) >= 11 is 0. The van der Waals surface area contributed by atoms with E-state index in [9.17, 15) is 4.79 Å². The molecule has 2 aromatic carbocycles. The number of H-pyrrole nitrogens is 1. The van der Waals surface area contributed by atoms with Gasteiger partial charge in [0.25, 0.3) is 0 Å². The van der Waals surface area contributed by atoms with Crippen LogP contribution in [-0.4, -0.2) is 16.2 Å². The summed E-state index contributed by atoms with van der Waals surface area (Å²) in [6, 6.07) is 9.89. The summed E-state index contributed by atoms with van der Waals surface area (Å²) in [5, 5.41) is 14.0. The molecule has 134 valence electrons. The molecule has 0 saturated heterocycles. The van der Waals surface area contributed by atoms with Crippen molar-refractivity contribution >= 4 is 28.3 Å². The lowest BCUT2D eigenvalue weighted by Gasteiger charge is -2.25. The molecule has 4 rings (SSSR count). The fourth-order valence-electron chi connectivity index (χ4n) is 3.78. The van der Waals surface area contributed by atoms with Gasteiger partial charge in [0.2, 0.25) is 0 Å². The van der Waals surface area contributed by atoms with Crippen LogP contribution in [0.3, 0.4) is 0 Å². The Morgan fingerprint density at radius 3 is 2.77 bits per heavy atom. The molecular weight excluding hydrogens is 324 g/mol. The molecule has 0 aliphatic heterocycles. The van der Waals surface area contributed by atoms with Gasteiger partial charge in [0.1, 0.15) is 0 Å². The molecule has 1 aromatic heterocycles. The molecule has 3 N–H and O–H groups in total. The van der Waals surface area contributed by atoms with Crippen molar-refractivity contribution in [2.75, 3.05) is 10.6 Å². The van der Waals surface area contributed by atoms with Crippen molar-refractivity contribution in [1.82, 2.24) is 10.2 Å². The van der Waals surface area contributed by atoms with Crippen molar-refractivity contribution in [3.8, 4) is 0 Å². The molecule has 5 nitrogen and oxygen atoms in total. The summed E-state index contributed by atoms with van der Waals surface area (Å²) in [7, 11) is 0. The molecule has 0 atom stereocenters. The molecule has 0 saturated carbocycles. The number of carbonyl (C=O) groups is 1. The Bertz CT molecular complexity index is 981. The van der Waals surface area contributed by atoms with Crippen LogP contribution in [0.1, 0.15) is 43.9 Å². The van der Waals surface area contributed by atoms with E-state index >= 15 is 0 Å². The van der Waals surface area contributed by atoms with Gasteiger partial charge in [-0.05, 0) is 53.5 Å². The summed E-state index contributed by atoms with van der Waals surface area (Å²) in [5.74, 6) is 0. The summed E-state index contributed by atoms with van der Waals surface area (Å²) < 4.78 is 0. The van der Waals surface area contributed by atoms with Crippen LogP contribution in [0.2, 0.25) is 0 Å². The first kappa shape index (κ1) is 16.6. The number of nitrogens with zero attached hydrogens (tertiary/aromatic N) is 1. The monoisotopic (exact) mass is 348 g/mol. The van der Waals surface area contributed by atoms with Crippen LogP contribution in [0.15, 0.2) is 36.5 Å². The number of aromatic amines is 1. The van der Waals surface area contributed by atoms with Crippen molar-refractivity contribution in [2.24, 2.45) is 0 Å². The van der Waals surface area contributed by atoms with E-state index in [-0.39, 0.29) is 11.4 Å². The van der Waals surface area contributed by atoms with Gasteiger partial charge in [-0.1, -0.05) is 39.0 Å². The largest absolute Gasteiger partial charge is 0.323 e.